The van der Waals surface area contributed by atoms with E-state index in [-0.39, 0.29) is 5.92 Å². The summed E-state index contributed by atoms with van der Waals surface area (Å²) in [5.74, 6) is -2.21. The molecule has 0 aromatic carbocycles. The molecule has 1 aliphatic rings. The van der Waals surface area contributed by atoms with Gasteiger partial charge in [-0.3, -0.25) is 4.79 Å². The Hall–Kier alpha value is -0.940. The lowest BCUT2D eigenvalue weighted by atomic mass is 9.74. The minimum atomic E-state index is -2.14. The lowest BCUT2D eigenvalue weighted by Gasteiger charge is -2.31. The van der Waals surface area contributed by atoms with E-state index in [1.54, 1.807) is 6.92 Å². The van der Waals surface area contributed by atoms with Crippen molar-refractivity contribution in [1.82, 2.24) is 0 Å². The molecule has 0 heterocycles. The van der Waals surface area contributed by atoms with E-state index >= 15 is 0 Å². The van der Waals surface area contributed by atoms with Crippen molar-refractivity contribution in [3.8, 4) is 0 Å². The first kappa shape index (κ1) is 14.1. The molecule has 98 valence electrons. The maximum absolute atomic E-state index is 12.1. The molecule has 1 rings (SSSR count). The normalized spacial score (nSPS) is 22.8. The Morgan fingerprint density at radius 3 is 2.29 bits per heavy atom. The number of aliphatic carboxylic acids is 1. The molecule has 1 fully saturated rings. The van der Waals surface area contributed by atoms with Crippen molar-refractivity contribution in [1.29, 1.82) is 0 Å². The van der Waals surface area contributed by atoms with Crippen LogP contribution in [0.15, 0.2) is 0 Å². The van der Waals surface area contributed by atoms with E-state index in [0.717, 1.165) is 25.7 Å². The number of nitrogens with two attached hydrogens (primary N) is 1. The smallest absolute Gasteiger partial charge is 0.333 e. The minimum absolute atomic E-state index is 0.199. The van der Waals surface area contributed by atoms with Crippen LogP contribution in [0.1, 0.15) is 39.0 Å². The SMILES string of the molecule is CC(C(=O)C(N)(CO)C(=O)O)C1CCCCC1. The first-order chi connectivity index (χ1) is 7.93. The fraction of sp³-hybridized carbons (Fsp3) is 0.833. The van der Waals surface area contributed by atoms with E-state index in [9.17, 15) is 9.59 Å². The van der Waals surface area contributed by atoms with Crippen molar-refractivity contribution >= 4 is 11.8 Å². The van der Waals surface area contributed by atoms with Crippen LogP contribution in [0.3, 0.4) is 0 Å². The highest BCUT2D eigenvalue weighted by Gasteiger charge is 2.45. The Balaban J connectivity index is 2.76. The summed E-state index contributed by atoms with van der Waals surface area (Å²) in [4.78, 5) is 23.0. The molecule has 0 radical (unpaired) electrons. The number of rotatable bonds is 5. The van der Waals surface area contributed by atoms with Crippen LogP contribution in [0.25, 0.3) is 0 Å². The van der Waals surface area contributed by atoms with E-state index in [2.05, 4.69) is 0 Å². The van der Waals surface area contributed by atoms with Gasteiger partial charge in [-0.25, -0.2) is 4.79 Å². The zero-order valence-corrected chi connectivity index (χ0v) is 10.2. The summed E-state index contributed by atoms with van der Waals surface area (Å²) in [6, 6.07) is 0. The van der Waals surface area contributed by atoms with Gasteiger partial charge in [-0.2, -0.15) is 0 Å². The Labute approximate surface area is 101 Å². The van der Waals surface area contributed by atoms with E-state index in [1.807, 2.05) is 0 Å². The van der Waals surface area contributed by atoms with E-state index in [4.69, 9.17) is 15.9 Å². The molecule has 0 aromatic heterocycles. The topological polar surface area (TPSA) is 101 Å². The second kappa shape index (κ2) is 5.60. The number of aliphatic hydroxyl groups excluding tert-OH is 1. The van der Waals surface area contributed by atoms with Gasteiger partial charge >= 0.3 is 5.97 Å². The highest BCUT2D eigenvalue weighted by molar-refractivity contribution is 6.08. The monoisotopic (exact) mass is 243 g/mol. The zero-order chi connectivity index (χ0) is 13.1. The van der Waals surface area contributed by atoms with Gasteiger partial charge in [-0.05, 0) is 18.8 Å². The van der Waals surface area contributed by atoms with Gasteiger partial charge in [-0.1, -0.05) is 26.2 Å². The number of Topliss-reactive ketones (excluding diaryl/α,β-unsaturated/α-hetero) is 1. The summed E-state index contributed by atoms with van der Waals surface area (Å²) in [6.45, 7) is 0.872. The number of carboxylic acid groups (broad SMARTS) is 1. The molecule has 0 saturated heterocycles. The van der Waals surface area contributed by atoms with E-state index < -0.39 is 29.8 Å². The van der Waals surface area contributed by atoms with Crippen molar-refractivity contribution in [3.63, 3.8) is 0 Å². The maximum Gasteiger partial charge on any atom is 0.333 e. The Kier molecular flexibility index (Phi) is 4.65. The van der Waals surface area contributed by atoms with Gasteiger partial charge in [0.05, 0.1) is 6.61 Å². The van der Waals surface area contributed by atoms with Crippen LogP contribution in [-0.4, -0.2) is 34.1 Å². The molecule has 0 spiro atoms. The second-order valence-electron chi connectivity index (χ2n) is 4.99. The average Bonchev–Trinajstić information content (AvgIpc) is 2.36. The predicted octanol–water partition coefficient (Wildman–Crippen LogP) is 0.546. The number of carbonyl (C=O) groups is 2. The van der Waals surface area contributed by atoms with Crippen LogP contribution in [0.5, 0.6) is 0 Å². The molecule has 17 heavy (non-hydrogen) atoms. The second-order valence-corrected chi connectivity index (χ2v) is 4.99. The quantitative estimate of drug-likeness (QED) is 0.612. The Bertz CT molecular complexity index is 299. The molecule has 2 atom stereocenters. The van der Waals surface area contributed by atoms with Crippen LogP contribution in [0.4, 0.5) is 0 Å². The summed E-state index contributed by atoms with van der Waals surface area (Å²) in [7, 11) is 0. The van der Waals surface area contributed by atoms with Gasteiger partial charge in [0.25, 0.3) is 0 Å². The van der Waals surface area contributed by atoms with E-state index in [1.165, 1.54) is 6.42 Å². The van der Waals surface area contributed by atoms with Crippen LogP contribution in [-0.2, 0) is 9.59 Å². The molecular formula is C12H21NO4. The van der Waals surface area contributed by atoms with Crippen LogP contribution in [0.2, 0.25) is 0 Å². The molecule has 2 unspecified atom stereocenters. The van der Waals surface area contributed by atoms with Crippen LogP contribution >= 0.6 is 0 Å². The largest absolute Gasteiger partial charge is 0.479 e. The third-order valence-electron chi connectivity index (χ3n) is 3.84. The van der Waals surface area contributed by atoms with Gasteiger partial charge in [0.2, 0.25) is 0 Å². The van der Waals surface area contributed by atoms with Crippen molar-refractivity contribution < 1.29 is 19.8 Å². The van der Waals surface area contributed by atoms with Crippen LogP contribution in [0, 0.1) is 11.8 Å². The standard InChI is InChI=1S/C12H21NO4/c1-8(9-5-3-2-4-6-9)10(15)12(13,7-14)11(16)17/h8-9,14H,2-7,13H2,1H3,(H,16,17). The fourth-order valence-electron chi connectivity index (χ4n) is 2.51. The van der Waals surface area contributed by atoms with Gasteiger partial charge in [0, 0.05) is 5.92 Å². The van der Waals surface area contributed by atoms with E-state index in [0.29, 0.717) is 0 Å². The summed E-state index contributed by atoms with van der Waals surface area (Å²) >= 11 is 0. The van der Waals surface area contributed by atoms with Crippen molar-refractivity contribution in [2.24, 2.45) is 17.6 Å². The fourth-order valence-corrected chi connectivity index (χ4v) is 2.51. The lowest BCUT2D eigenvalue weighted by Crippen LogP contribution is -2.60. The molecule has 5 heteroatoms. The zero-order valence-electron chi connectivity index (χ0n) is 10.2. The molecule has 5 nitrogen and oxygen atoms in total. The van der Waals surface area contributed by atoms with Crippen LogP contribution < -0.4 is 5.73 Å². The van der Waals surface area contributed by atoms with Gasteiger partial charge in [0.1, 0.15) is 0 Å². The molecule has 1 aliphatic carbocycles. The number of ketones is 1. The Morgan fingerprint density at radius 1 is 1.35 bits per heavy atom. The minimum Gasteiger partial charge on any atom is -0.479 e. The number of aliphatic hydroxyl groups is 1. The van der Waals surface area contributed by atoms with Crippen molar-refractivity contribution in [2.75, 3.05) is 6.61 Å². The summed E-state index contributed by atoms with van der Waals surface area (Å²) in [5.41, 5.74) is 3.35. The Morgan fingerprint density at radius 2 is 1.88 bits per heavy atom. The lowest BCUT2D eigenvalue weighted by molar-refractivity contribution is -0.152. The third kappa shape index (κ3) is 2.84. The highest BCUT2D eigenvalue weighted by atomic mass is 16.4. The number of hydrogen-bond donors (Lipinski definition) is 3. The number of carbonyl (C=O) groups excluding carboxylic acids is 1. The molecule has 0 bridgehead atoms. The number of carboxylic acids is 1. The molecule has 0 amide bonds. The molecule has 0 aromatic rings. The summed E-state index contributed by atoms with van der Waals surface area (Å²) in [6.07, 6.45) is 5.20. The van der Waals surface area contributed by atoms with Gasteiger partial charge < -0.3 is 15.9 Å². The third-order valence-corrected chi connectivity index (χ3v) is 3.84. The average molecular weight is 243 g/mol. The van der Waals surface area contributed by atoms with Gasteiger partial charge in [0.15, 0.2) is 11.3 Å². The maximum atomic E-state index is 12.1. The van der Waals surface area contributed by atoms with Crippen molar-refractivity contribution in [2.45, 2.75) is 44.6 Å². The highest BCUT2D eigenvalue weighted by Crippen LogP contribution is 2.31. The van der Waals surface area contributed by atoms with Gasteiger partial charge in [-0.15, -0.1) is 0 Å². The van der Waals surface area contributed by atoms with Crippen molar-refractivity contribution in [3.05, 3.63) is 0 Å². The molecule has 4 N–H and O–H groups in total. The summed E-state index contributed by atoms with van der Waals surface area (Å²) < 4.78 is 0. The molecule has 1 saturated carbocycles. The molecular weight excluding hydrogens is 222 g/mol. The first-order valence-corrected chi connectivity index (χ1v) is 6.11. The number of hydrogen-bond acceptors (Lipinski definition) is 4. The molecule has 0 aliphatic heterocycles. The summed E-state index contributed by atoms with van der Waals surface area (Å²) in [5, 5.41) is 18.0. The first-order valence-electron chi connectivity index (χ1n) is 6.11. The predicted molar refractivity (Wildman–Crippen MR) is 62.4 cm³/mol.